The first-order valence-corrected chi connectivity index (χ1v) is 12.0. The van der Waals surface area contributed by atoms with Gasteiger partial charge < -0.3 is 24.8 Å². The summed E-state index contributed by atoms with van der Waals surface area (Å²) < 4.78 is 10.7. The molecule has 4 rings (SSSR count). The Kier molecular flexibility index (Phi) is 7.99. The SMILES string of the molecule is CC(C)CNC(=O)c1noc2c1CN(C(=O)C(NC(=O)OCc1ccccc1)c1ccccc1)CC2. The monoisotopic (exact) mass is 490 g/mol. The number of hydrogen-bond acceptors (Lipinski definition) is 6. The lowest BCUT2D eigenvalue weighted by Crippen LogP contribution is -2.45. The molecule has 1 unspecified atom stereocenters. The molecule has 0 saturated carbocycles. The second kappa shape index (κ2) is 11.5. The predicted molar refractivity (Wildman–Crippen MR) is 132 cm³/mol. The molecular weight excluding hydrogens is 460 g/mol. The van der Waals surface area contributed by atoms with Gasteiger partial charge in [-0.2, -0.15) is 0 Å². The Morgan fingerprint density at radius 1 is 1.06 bits per heavy atom. The Morgan fingerprint density at radius 3 is 2.44 bits per heavy atom. The van der Waals surface area contributed by atoms with E-state index in [0.29, 0.717) is 36.4 Å². The molecule has 1 atom stereocenters. The molecule has 0 radical (unpaired) electrons. The molecule has 0 saturated heterocycles. The van der Waals surface area contributed by atoms with Crippen LogP contribution in [0.4, 0.5) is 4.79 Å². The summed E-state index contributed by atoms with van der Waals surface area (Å²) in [6, 6.07) is 17.4. The summed E-state index contributed by atoms with van der Waals surface area (Å²) >= 11 is 0. The molecule has 2 aromatic carbocycles. The number of benzene rings is 2. The molecule has 188 valence electrons. The van der Waals surface area contributed by atoms with Gasteiger partial charge in [-0.05, 0) is 17.0 Å². The number of hydrogen-bond donors (Lipinski definition) is 2. The van der Waals surface area contributed by atoms with Crippen molar-refractivity contribution >= 4 is 17.9 Å². The molecule has 0 aliphatic carbocycles. The minimum Gasteiger partial charge on any atom is -0.445 e. The van der Waals surface area contributed by atoms with Gasteiger partial charge in [0, 0.05) is 25.1 Å². The normalized spacial score (nSPS) is 13.6. The Bertz CT molecular complexity index is 1190. The number of ether oxygens (including phenoxy) is 1. The molecule has 36 heavy (non-hydrogen) atoms. The lowest BCUT2D eigenvalue weighted by molar-refractivity contribution is -0.134. The van der Waals surface area contributed by atoms with E-state index in [2.05, 4.69) is 15.8 Å². The fourth-order valence-electron chi connectivity index (χ4n) is 3.95. The Hall–Kier alpha value is -4.14. The number of carbonyl (C=O) groups excluding carboxylic acids is 3. The molecular formula is C27H30N4O5. The van der Waals surface area contributed by atoms with E-state index in [1.807, 2.05) is 50.2 Å². The minimum atomic E-state index is -0.950. The van der Waals surface area contributed by atoms with Gasteiger partial charge in [-0.3, -0.25) is 9.59 Å². The first-order chi connectivity index (χ1) is 17.4. The lowest BCUT2D eigenvalue weighted by atomic mass is 10.0. The average Bonchev–Trinajstić information content (AvgIpc) is 3.33. The van der Waals surface area contributed by atoms with E-state index in [1.54, 1.807) is 29.2 Å². The van der Waals surface area contributed by atoms with Gasteiger partial charge in [-0.15, -0.1) is 0 Å². The van der Waals surface area contributed by atoms with Gasteiger partial charge in [0.1, 0.15) is 18.4 Å². The molecule has 1 aliphatic rings. The third-order valence-corrected chi connectivity index (χ3v) is 5.88. The number of alkyl carbamates (subject to hydrolysis) is 1. The summed E-state index contributed by atoms with van der Waals surface area (Å²) in [4.78, 5) is 40.5. The van der Waals surface area contributed by atoms with Crippen LogP contribution in [-0.2, 0) is 29.1 Å². The molecule has 0 spiro atoms. The zero-order valence-corrected chi connectivity index (χ0v) is 20.4. The van der Waals surface area contributed by atoms with Crippen LogP contribution in [-0.4, -0.2) is 41.1 Å². The Labute approximate surface area is 209 Å². The van der Waals surface area contributed by atoms with E-state index in [1.165, 1.54) is 0 Å². The number of nitrogens with zero attached hydrogens (tertiary/aromatic N) is 2. The van der Waals surface area contributed by atoms with Crippen LogP contribution in [0.3, 0.4) is 0 Å². The van der Waals surface area contributed by atoms with Gasteiger partial charge >= 0.3 is 6.09 Å². The number of rotatable bonds is 8. The van der Waals surface area contributed by atoms with Crippen LogP contribution in [0.25, 0.3) is 0 Å². The lowest BCUT2D eigenvalue weighted by Gasteiger charge is -2.30. The Morgan fingerprint density at radius 2 is 1.75 bits per heavy atom. The van der Waals surface area contributed by atoms with Crippen molar-refractivity contribution in [2.24, 2.45) is 5.92 Å². The minimum absolute atomic E-state index is 0.0883. The number of fused-ring (bicyclic) bond motifs is 1. The van der Waals surface area contributed by atoms with Crippen LogP contribution in [0, 0.1) is 5.92 Å². The van der Waals surface area contributed by atoms with Crippen LogP contribution >= 0.6 is 0 Å². The highest BCUT2D eigenvalue weighted by Gasteiger charge is 2.34. The highest BCUT2D eigenvalue weighted by atomic mass is 16.5. The maximum Gasteiger partial charge on any atom is 0.408 e. The maximum atomic E-state index is 13.6. The maximum absolute atomic E-state index is 13.6. The summed E-state index contributed by atoms with van der Waals surface area (Å²) in [6.45, 7) is 5.13. The summed E-state index contributed by atoms with van der Waals surface area (Å²) in [5, 5.41) is 9.52. The first-order valence-electron chi connectivity index (χ1n) is 12.0. The van der Waals surface area contributed by atoms with Crippen LogP contribution in [0.5, 0.6) is 0 Å². The van der Waals surface area contributed by atoms with Gasteiger partial charge in [-0.25, -0.2) is 4.79 Å². The summed E-state index contributed by atoms with van der Waals surface area (Å²) in [5.41, 5.74) is 2.25. The number of amides is 3. The molecule has 1 aliphatic heterocycles. The quantitative estimate of drug-likeness (QED) is 0.499. The van der Waals surface area contributed by atoms with E-state index in [0.717, 1.165) is 5.56 Å². The zero-order valence-electron chi connectivity index (χ0n) is 20.4. The number of carbonyl (C=O) groups is 3. The van der Waals surface area contributed by atoms with Crippen molar-refractivity contribution in [2.45, 2.75) is 39.5 Å². The first kappa shape index (κ1) is 25.0. The molecule has 2 N–H and O–H groups in total. The summed E-state index contributed by atoms with van der Waals surface area (Å²) in [7, 11) is 0. The van der Waals surface area contributed by atoms with Gasteiger partial charge in [0.15, 0.2) is 5.69 Å². The molecule has 1 aromatic heterocycles. The molecule has 3 aromatic rings. The van der Waals surface area contributed by atoms with E-state index in [9.17, 15) is 14.4 Å². The van der Waals surface area contributed by atoms with Crippen molar-refractivity contribution in [2.75, 3.05) is 13.1 Å². The topological polar surface area (TPSA) is 114 Å². The largest absolute Gasteiger partial charge is 0.445 e. The Balaban J connectivity index is 1.48. The standard InChI is InChI=1S/C27H30N4O5/c1-18(2)15-28-25(32)24-21-16-31(14-13-22(21)36-30-24)26(33)23(20-11-7-4-8-12-20)29-27(34)35-17-19-9-5-3-6-10-19/h3-12,18,23H,13-17H2,1-2H3,(H,28,32)(H,29,34). The van der Waals surface area contributed by atoms with Crippen molar-refractivity contribution in [1.82, 2.24) is 20.7 Å². The number of nitrogens with one attached hydrogen (secondary N) is 2. The fraction of sp³-hybridized carbons (Fsp3) is 0.333. The van der Waals surface area contributed by atoms with Gasteiger partial charge in [0.05, 0.1) is 6.54 Å². The van der Waals surface area contributed by atoms with Crippen molar-refractivity contribution in [3.63, 3.8) is 0 Å². The smallest absolute Gasteiger partial charge is 0.408 e. The molecule has 9 nitrogen and oxygen atoms in total. The van der Waals surface area contributed by atoms with Crippen LogP contribution in [0.1, 0.15) is 52.8 Å². The third-order valence-electron chi connectivity index (χ3n) is 5.88. The van der Waals surface area contributed by atoms with E-state index >= 15 is 0 Å². The van der Waals surface area contributed by atoms with E-state index in [-0.39, 0.29) is 36.6 Å². The molecule has 2 heterocycles. The summed E-state index contributed by atoms with van der Waals surface area (Å²) in [6.07, 6.45) is -0.275. The van der Waals surface area contributed by atoms with E-state index < -0.39 is 12.1 Å². The highest BCUT2D eigenvalue weighted by Crippen LogP contribution is 2.26. The second-order valence-corrected chi connectivity index (χ2v) is 9.10. The van der Waals surface area contributed by atoms with Crippen LogP contribution in [0.15, 0.2) is 65.2 Å². The van der Waals surface area contributed by atoms with Crippen molar-refractivity contribution in [3.8, 4) is 0 Å². The average molecular weight is 491 g/mol. The van der Waals surface area contributed by atoms with Gasteiger partial charge in [-0.1, -0.05) is 79.7 Å². The second-order valence-electron chi connectivity index (χ2n) is 9.10. The van der Waals surface area contributed by atoms with Gasteiger partial charge in [0.2, 0.25) is 5.91 Å². The molecule has 0 bridgehead atoms. The number of aromatic nitrogens is 1. The fourth-order valence-corrected chi connectivity index (χ4v) is 3.95. The highest BCUT2D eigenvalue weighted by molar-refractivity contribution is 5.94. The molecule has 0 fully saturated rings. The third kappa shape index (κ3) is 6.10. The zero-order chi connectivity index (χ0) is 25.5. The summed E-state index contributed by atoms with van der Waals surface area (Å²) in [5.74, 6) is 0.248. The molecule has 9 heteroatoms. The molecule has 3 amide bonds. The van der Waals surface area contributed by atoms with Crippen LogP contribution in [0.2, 0.25) is 0 Å². The van der Waals surface area contributed by atoms with Gasteiger partial charge in [0.25, 0.3) is 5.91 Å². The van der Waals surface area contributed by atoms with E-state index in [4.69, 9.17) is 9.26 Å². The predicted octanol–water partition coefficient (Wildman–Crippen LogP) is 3.61. The van der Waals surface area contributed by atoms with Crippen molar-refractivity contribution in [1.29, 1.82) is 0 Å². The van der Waals surface area contributed by atoms with Crippen molar-refractivity contribution < 1.29 is 23.6 Å². The van der Waals surface area contributed by atoms with Crippen LogP contribution < -0.4 is 10.6 Å². The van der Waals surface area contributed by atoms with Crippen molar-refractivity contribution in [3.05, 3.63) is 88.8 Å².